The maximum absolute atomic E-state index is 13.1. The number of amides is 1. The molecule has 2 aromatic carbocycles. The van der Waals surface area contributed by atoms with Crippen molar-refractivity contribution in [1.82, 2.24) is 9.97 Å². The Labute approximate surface area is 191 Å². The largest absolute Gasteiger partial charge is 0.418 e. The van der Waals surface area contributed by atoms with E-state index >= 15 is 0 Å². The number of alkyl halides is 3. The van der Waals surface area contributed by atoms with Gasteiger partial charge in [0.15, 0.2) is 10.9 Å². The molecule has 0 radical (unpaired) electrons. The van der Waals surface area contributed by atoms with Crippen LogP contribution in [0.2, 0.25) is 0 Å². The summed E-state index contributed by atoms with van der Waals surface area (Å²) in [5, 5.41) is 3.18. The molecule has 5 nitrogen and oxygen atoms in total. The molecule has 0 atom stereocenters. The van der Waals surface area contributed by atoms with Crippen LogP contribution in [0, 0.1) is 6.92 Å². The molecule has 0 saturated heterocycles. The summed E-state index contributed by atoms with van der Waals surface area (Å²) >= 11 is 2.26. The molecule has 0 saturated carbocycles. The quantitative estimate of drug-likeness (QED) is 0.200. The lowest BCUT2D eigenvalue weighted by molar-refractivity contribution is -0.137. The fourth-order valence-electron chi connectivity index (χ4n) is 2.65. The number of aryl methyl sites for hydroxylation is 1. The van der Waals surface area contributed by atoms with Gasteiger partial charge in [-0.05, 0) is 25.1 Å². The second kappa shape index (κ2) is 10.6. The highest BCUT2D eigenvalue weighted by molar-refractivity contribution is 8.00. The summed E-state index contributed by atoms with van der Waals surface area (Å²) in [6.45, 7) is 1.76. The number of ketones is 1. The van der Waals surface area contributed by atoms with Crippen molar-refractivity contribution in [1.29, 1.82) is 0 Å². The molecule has 0 spiro atoms. The van der Waals surface area contributed by atoms with Gasteiger partial charge >= 0.3 is 6.18 Å². The second-order valence-electron chi connectivity index (χ2n) is 6.59. The van der Waals surface area contributed by atoms with Crippen LogP contribution in [0.4, 0.5) is 18.9 Å². The van der Waals surface area contributed by atoms with Crippen molar-refractivity contribution in [2.24, 2.45) is 0 Å². The summed E-state index contributed by atoms with van der Waals surface area (Å²) in [5.41, 5.74) is 0.0520. The van der Waals surface area contributed by atoms with Gasteiger partial charge in [0.05, 0.1) is 22.8 Å². The van der Waals surface area contributed by atoms with Gasteiger partial charge in [-0.2, -0.15) is 13.2 Å². The first-order valence-corrected chi connectivity index (χ1v) is 11.3. The molecular weight excluding hydrogens is 459 g/mol. The second-order valence-corrected chi connectivity index (χ2v) is 8.53. The molecule has 0 bridgehead atoms. The zero-order valence-electron chi connectivity index (χ0n) is 16.8. The van der Waals surface area contributed by atoms with E-state index in [1.807, 2.05) is 6.07 Å². The van der Waals surface area contributed by atoms with Crippen molar-refractivity contribution in [2.75, 3.05) is 16.8 Å². The zero-order valence-corrected chi connectivity index (χ0v) is 18.5. The van der Waals surface area contributed by atoms with E-state index in [0.29, 0.717) is 21.4 Å². The molecule has 0 aliphatic carbocycles. The van der Waals surface area contributed by atoms with Crippen LogP contribution in [-0.2, 0) is 11.0 Å². The van der Waals surface area contributed by atoms with Crippen molar-refractivity contribution in [2.45, 2.75) is 23.3 Å². The van der Waals surface area contributed by atoms with E-state index in [2.05, 4.69) is 15.3 Å². The van der Waals surface area contributed by atoms with E-state index in [9.17, 15) is 22.8 Å². The van der Waals surface area contributed by atoms with Gasteiger partial charge in [-0.3, -0.25) is 9.59 Å². The van der Waals surface area contributed by atoms with Crippen LogP contribution in [0.15, 0.2) is 70.8 Å². The van der Waals surface area contributed by atoms with Crippen molar-refractivity contribution in [3.63, 3.8) is 0 Å². The predicted molar refractivity (Wildman–Crippen MR) is 119 cm³/mol. The van der Waals surface area contributed by atoms with Gasteiger partial charge in [0.2, 0.25) is 5.91 Å². The number of rotatable bonds is 8. The third kappa shape index (κ3) is 6.83. The molecule has 166 valence electrons. The summed E-state index contributed by atoms with van der Waals surface area (Å²) in [5.74, 6) is -0.615. The van der Waals surface area contributed by atoms with Crippen LogP contribution >= 0.6 is 23.5 Å². The lowest BCUT2D eigenvalue weighted by Gasteiger charge is -2.13. The molecule has 0 unspecified atom stereocenters. The minimum atomic E-state index is -4.57. The average molecular weight is 478 g/mol. The number of nitrogens with zero attached hydrogens (tertiary/aromatic N) is 2. The van der Waals surface area contributed by atoms with Crippen LogP contribution in [0.1, 0.15) is 21.6 Å². The topological polar surface area (TPSA) is 72.0 Å². The van der Waals surface area contributed by atoms with Gasteiger partial charge < -0.3 is 5.32 Å². The number of para-hydroxylation sites is 1. The highest BCUT2D eigenvalue weighted by Gasteiger charge is 2.33. The molecule has 1 N–H and O–H groups in total. The Hall–Kier alpha value is -2.85. The molecular formula is C22H18F3N3O2S2. The zero-order chi connectivity index (χ0) is 23.1. The van der Waals surface area contributed by atoms with E-state index in [1.165, 1.54) is 30.0 Å². The minimum absolute atomic E-state index is 0.0578. The lowest BCUT2D eigenvalue weighted by Crippen LogP contribution is -2.18. The Morgan fingerprint density at radius 1 is 0.938 bits per heavy atom. The molecule has 0 aliphatic rings. The minimum Gasteiger partial charge on any atom is -0.325 e. The smallest absolute Gasteiger partial charge is 0.325 e. The highest BCUT2D eigenvalue weighted by Crippen LogP contribution is 2.34. The molecule has 0 fully saturated rings. The van der Waals surface area contributed by atoms with Gasteiger partial charge in [-0.1, -0.05) is 66.0 Å². The SMILES string of the molecule is Cc1cc(SCC(=O)Nc2ccccc2C(F)(F)F)nc(SCC(=O)c2ccccc2)n1. The summed E-state index contributed by atoms with van der Waals surface area (Å²) in [6, 6.07) is 15.3. The maximum Gasteiger partial charge on any atom is 0.418 e. The van der Waals surface area contributed by atoms with Crippen molar-refractivity contribution in [3.8, 4) is 0 Å². The Morgan fingerprint density at radius 3 is 2.34 bits per heavy atom. The number of thioether (sulfide) groups is 2. The van der Waals surface area contributed by atoms with Crippen molar-refractivity contribution in [3.05, 3.63) is 77.5 Å². The van der Waals surface area contributed by atoms with Crippen LogP contribution in [-0.4, -0.2) is 33.2 Å². The van der Waals surface area contributed by atoms with E-state index in [4.69, 9.17) is 0 Å². The molecule has 10 heteroatoms. The van der Waals surface area contributed by atoms with Crippen LogP contribution in [0.25, 0.3) is 0 Å². The van der Waals surface area contributed by atoms with Crippen LogP contribution in [0.5, 0.6) is 0 Å². The fraction of sp³-hybridized carbons (Fsp3) is 0.182. The van der Waals surface area contributed by atoms with Gasteiger partial charge in [-0.15, -0.1) is 0 Å². The van der Waals surface area contributed by atoms with E-state index in [1.54, 1.807) is 37.3 Å². The Kier molecular flexibility index (Phi) is 7.92. The number of hydrogen-bond donors (Lipinski definition) is 1. The summed E-state index contributed by atoms with van der Waals surface area (Å²) < 4.78 is 39.2. The molecule has 32 heavy (non-hydrogen) atoms. The number of aromatic nitrogens is 2. The van der Waals surface area contributed by atoms with E-state index < -0.39 is 17.6 Å². The number of anilines is 1. The average Bonchev–Trinajstić information content (AvgIpc) is 2.76. The number of halogens is 3. The molecule has 3 aromatic rings. The standard InChI is InChI=1S/C22H18F3N3O2S2/c1-14-11-20(28-21(26-14)32-12-18(29)15-7-3-2-4-8-15)31-13-19(30)27-17-10-6-5-9-16(17)22(23,24)25/h2-11H,12-13H2,1H3,(H,27,30). The number of hydrogen-bond acceptors (Lipinski definition) is 6. The third-order valence-electron chi connectivity index (χ3n) is 4.10. The first-order chi connectivity index (χ1) is 15.2. The third-order valence-corrected chi connectivity index (χ3v) is 5.85. The van der Waals surface area contributed by atoms with E-state index in [0.717, 1.165) is 17.8 Å². The summed E-state index contributed by atoms with van der Waals surface area (Å²) in [6.07, 6.45) is -4.57. The van der Waals surface area contributed by atoms with Crippen LogP contribution in [0.3, 0.4) is 0 Å². The molecule has 1 amide bonds. The van der Waals surface area contributed by atoms with Gasteiger partial charge in [0.25, 0.3) is 0 Å². The first kappa shape index (κ1) is 23.8. The number of nitrogens with one attached hydrogen (secondary N) is 1. The molecule has 0 aliphatic heterocycles. The van der Waals surface area contributed by atoms with Crippen LogP contribution < -0.4 is 5.32 Å². The molecule has 1 aromatic heterocycles. The summed E-state index contributed by atoms with van der Waals surface area (Å²) in [7, 11) is 0. The van der Waals surface area contributed by atoms with E-state index in [-0.39, 0.29) is 23.0 Å². The number of Topliss-reactive ketones (excluding diaryl/α,β-unsaturated/α-hetero) is 1. The van der Waals surface area contributed by atoms with Crippen molar-refractivity contribution >= 4 is 40.9 Å². The molecule has 3 rings (SSSR count). The Morgan fingerprint density at radius 2 is 1.62 bits per heavy atom. The number of carbonyl (C=O) groups is 2. The monoisotopic (exact) mass is 477 g/mol. The van der Waals surface area contributed by atoms with Gasteiger partial charge in [0, 0.05) is 11.3 Å². The summed E-state index contributed by atoms with van der Waals surface area (Å²) in [4.78, 5) is 33.1. The number of benzene rings is 2. The Balaban J connectivity index is 1.59. The van der Waals surface area contributed by atoms with Gasteiger partial charge in [0.1, 0.15) is 5.03 Å². The first-order valence-electron chi connectivity index (χ1n) is 9.38. The van der Waals surface area contributed by atoms with Crippen molar-refractivity contribution < 1.29 is 22.8 Å². The normalized spacial score (nSPS) is 11.2. The van der Waals surface area contributed by atoms with Gasteiger partial charge in [-0.25, -0.2) is 9.97 Å². The number of carbonyl (C=O) groups excluding carboxylic acids is 2. The fourth-order valence-corrected chi connectivity index (χ4v) is 4.27. The Bertz CT molecular complexity index is 1110. The maximum atomic E-state index is 13.1. The molecule has 1 heterocycles. The highest BCUT2D eigenvalue weighted by atomic mass is 32.2. The lowest BCUT2D eigenvalue weighted by atomic mass is 10.1. The predicted octanol–water partition coefficient (Wildman–Crippen LogP) is 5.51.